The summed E-state index contributed by atoms with van der Waals surface area (Å²) in [4.78, 5) is 5.06. The molecule has 1 aliphatic carbocycles. The Hall–Kier alpha value is -9.44. The van der Waals surface area contributed by atoms with Gasteiger partial charge >= 0.3 is 0 Å². The summed E-state index contributed by atoms with van der Waals surface area (Å²) in [5, 5.41) is 7.23. The van der Waals surface area contributed by atoms with Crippen LogP contribution in [-0.2, 0) is 5.54 Å². The first-order valence-electron chi connectivity index (χ1n) is 24.8. The van der Waals surface area contributed by atoms with Gasteiger partial charge in [0.25, 0.3) is 0 Å². The van der Waals surface area contributed by atoms with E-state index in [4.69, 9.17) is 0 Å². The van der Waals surface area contributed by atoms with Gasteiger partial charge in [-0.2, -0.15) is 0 Å². The molecule has 1 aromatic heterocycles. The molecule has 12 aromatic carbocycles. The second-order valence-corrected chi connectivity index (χ2v) is 18.9. The summed E-state index contributed by atoms with van der Waals surface area (Å²) in [5.41, 5.74) is 16.5. The lowest BCUT2D eigenvalue weighted by Gasteiger charge is -2.45. The number of rotatable bonds is 9. The zero-order valence-corrected chi connectivity index (χ0v) is 39.5. The van der Waals surface area contributed by atoms with Crippen LogP contribution >= 0.6 is 0 Å². The summed E-state index contributed by atoms with van der Waals surface area (Å²) < 4.78 is 2.44. The third kappa shape index (κ3) is 6.59. The summed E-state index contributed by atoms with van der Waals surface area (Å²) in [6, 6.07) is 105. The van der Waals surface area contributed by atoms with Crippen molar-refractivity contribution in [2.75, 3.05) is 9.80 Å². The van der Waals surface area contributed by atoms with Crippen molar-refractivity contribution in [1.29, 1.82) is 0 Å². The fourth-order valence-electron chi connectivity index (χ4n) is 11.8. The number of aromatic nitrogens is 1. The SMILES string of the molecule is c1ccc(-c2cccc(-n3c4ccccc4c4ccc(N(c5ccc6c(c5)C(c5ccccc5)(N(c5ccccc5)c5ccc7ccccc7c5)c5ccccc5-6)c5ccc6ccccc6c5)cc43)c2)cc1. The Balaban J connectivity index is 1.04. The molecule has 1 atom stereocenters. The molecule has 72 heavy (non-hydrogen) atoms. The van der Waals surface area contributed by atoms with Crippen molar-refractivity contribution in [1.82, 2.24) is 4.57 Å². The van der Waals surface area contributed by atoms with Crippen LogP contribution in [0.25, 0.3) is 71.3 Å². The maximum atomic E-state index is 2.59. The number of anilines is 5. The van der Waals surface area contributed by atoms with Crippen LogP contribution in [0.3, 0.4) is 0 Å². The van der Waals surface area contributed by atoms with Crippen LogP contribution in [0, 0.1) is 0 Å². The molecule has 3 nitrogen and oxygen atoms in total. The second-order valence-electron chi connectivity index (χ2n) is 18.9. The molecule has 0 bridgehead atoms. The van der Waals surface area contributed by atoms with E-state index in [1.807, 2.05) is 0 Å². The van der Waals surface area contributed by atoms with E-state index in [1.165, 1.54) is 76.8 Å². The average molecular weight is 918 g/mol. The number of nitrogens with zero attached hydrogens (tertiary/aromatic N) is 3. The zero-order valence-electron chi connectivity index (χ0n) is 39.5. The Kier molecular flexibility index (Phi) is 9.75. The third-order valence-electron chi connectivity index (χ3n) is 14.9. The van der Waals surface area contributed by atoms with Gasteiger partial charge in [0.15, 0.2) is 0 Å². The van der Waals surface area contributed by atoms with Crippen LogP contribution in [-0.4, -0.2) is 4.57 Å². The smallest absolute Gasteiger partial charge is 0.122 e. The molecule has 13 aromatic rings. The summed E-state index contributed by atoms with van der Waals surface area (Å²) in [7, 11) is 0. The predicted molar refractivity (Wildman–Crippen MR) is 303 cm³/mol. The second kappa shape index (κ2) is 16.9. The Bertz CT molecular complexity index is 4180. The largest absolute Gasteiger partial charge is 0.323 e. The summed E-state index contributed by atoms with van der Waals surface area (Å²) in [6.45, 7) is 0. The number of hydrogen-bond donors (Lipinski definition) is 0. The van der Waals surface area contributed by atoms with Crippen molar-refractivity contribution in [3.8, 4) is 27.9 Å². The first kappa shape index (κ1) is 41.5. The standard InChI is InChI=1S/C69H47N3/c1-4-19-48(20-5-1)53-25-18-30-56(43-53)71-67-34-17-15-32-63(67)64-42-40-59(47-68(64)71)70(57-37-35-49-21-10-12-23-51(49)44-57)58-39-41-62-61-31-14-16-33-65(61)69(66(62)46-58,54-26-6-2-7-27-54)72(55-28-8-3-9-29-55)60-38-36-50-22-11-13-24-52(50)45-60/h1-47H. The van der Waals surface area contributed by atoms with Gasteiger partial charge < -0.3 is 14.4 Å². The number of hydrogen-bond acceptors (Lipinski definition) is 2. The van der Waals surface area contributed by atoms with Crippen molar-refractivity contribution in [3.63, 3.8) is 0 Å². The molecule has 0 N–H and O–H groups in total. The molecule has 0 saturated heterocycles. The quantitative estimate of drug-likeness (QED) is 0.143. The van der Waals surface area contributed by atoms with Gasteiger partial charge in [-0.25, -0.2) is 0 Å². The van der Waals surface area contributed by atoms with Gasteiger partial charge in [0, 0.05) is 44.9 Å². The first-order chi connectivity index (χ1) is 35.7. The average Bonchev–Trinajstić information content (AvgIpc) is 3.94. The highest BCUT2D eigenvalue weighted by Crippen LogP contribution is 2.59. The third-order valence-corrected chi connectivity index (χ3v) is 14.9. The molecule has 0 radical (unpaired) electrons. The highest BCUT2D eigenvalue weighted by molar-refractivity contribution is 6.10. The van der Waals surface area contributed by atoms with Crippen molar-refractivity contribution in [3.05, 3.63) is 302 Å². The molecule has 0 amide bonds. The Morgan fingerprint density at radius 2 is 0.833 bits per heavy atom. The minimum Gasteiger partial charge on any atom is -0.323 e. The van der Waals surface area contributed by atoms with Crippen LogP contribution in [0.15, 0.2) is 285 Å². The summed E-state index contributed by atoms with van der Waals surface area (Å²) in [5.74, 6) is 0. The molecule has 14 rings (SSSR count). The topological polar surface area (TPSA) is 11.4 Å². The van der Waals surface area contributed by atoms with Crippen molar-refractivity contribution in [2.24, 2.45) is 0 Å². The van der Waals surface area contributed by atoms with E-state index in [2.05, 4.69) is 299 Å². The van der Waals surface area contributed by atoms with Crippen LogP contribution in [0.5, 0.6) is 0 Å². The predicted octanol–water partition coefficient (Wildman–Crippen LogP) is 18.3. The minimum absolute atomic E-state index is 0.789. The fraction of sp³-hybridized carbons (Fsp3) is 0.0145. The number of fused-ring (bicyclic) bond motifs is 8. The molecule has 0 saturated carbocycles. The van der Waals surface area contributed by atoms with Gasteiger partial charge in [-0.05, 0) is 139 Å². The lowest BCUT2D eigenvalue weighted by atomic mass is 9.78. The van der Waals surface area contributed by atoms with E-state index in [9.17, 15) is 0 Å². The van der Waals surface area contributed by atoms with Crippen molar-refractivity contribution >= 4 is 71.8 Å². The first-order valence-corrected chi connectivity index (χ1v) is 24.8. The molecule has 0 aliphatic heterocycles. The Labute approximate surface area is 419 Å². The Morgan fingerprint density at radius 3 is 1.61 bits per heavy atom. The lowest BCUT2D eigenvalue weighted by molar-refractivity contribution is 0.644. The molecule has 338 valence electrons. The molecular weight excluding hydrogens is 871 g/mol. The van der Waals surface area contributed by atoms with Gasteiger partial charge in [0.1, 0.15) is 5.54 Å². The maximum Gasteiger partial charge on any atom is 0.122 e. The van der Waals surface area contributed by atoms with Crippen LogP contribution < -0.4 is 9.80 Å². The number of para-hydroxylation sites is 2. The molecule has 1 heterocycles. The van der Waals surface area contributed by atoms with Gasteiger partial charge in [-0.15, -0.1) is 0 Å². The molecule has 0 fully saturated rings. The van der Waals surface area contributed by atoms with Gasteiger partial charge in [-0.1, -0.05) is 206 Å². The molecule has 1 unspecified atom stereocenters. The van der Waals surface area contributed by atoms with Gasteiger partial charge in [0.05, 0.1) is 11.0 Å². The van der Waals surface area contributed by atoms with Gasteiger partial charge in [0.2, 0.25) is 0 Å². The van der Waals surface area contributed by atoms with Crippen LogP contribution in [0.2, 0.25) is 0 Å². The Morgan fingerprint density at radius 1 is 0.292 bits per heavy atom. The fourth-order valence-corrected chi connectivity index (χ4v) is 11.8. The summed E-state index contributed by atoms with van der Waals surface area (Å²) >= 11 is 0. The van der Waals surface area contributed by atoms with E-state index in [-0.39, 0.29) is 0 Å². The summed E-state index contributed by atoms with van der Waals surface area (Å²) in [6.07, 6.45) is 0. The minimum atomic E-state index is -0.789. The number of benzene rings is 12. The van der Waals surface area contributed by atoms with E-state index >= 15 is 0 Å². The monoisotopic (exact) mass is 917 g/mol. The van der Waals surface area contributed by atoms with Crippen LogP contribution in [0.4, 0.5) is 28.4 Å². The van der Waals surface area contributed by atoms with Gasteiger partial charge in [-0.3, -0.25) is 0 Å². The highest BCUT2D eigenvalue weighted by Gasteiger charge is 2.50. The van der Waals surface area contributed by atoms with E-state index in [1.54, 1.807) is 0 Å². The highest BCUT2D eigenvalue weighted by atomic mass is 15.2. The normalized spacial score (nSPS) is 13.9. The molecule has 0 spiro atoms. The van der Waals surface area contributed by atoms with E-state index < -0.39 is 5.54 Å². The molecular formula is C69H47N3. The molecule has 3 heteroatoms. The lowest BCUT2D eigenvalue weighted by Crippen LogP contribution is -2.44. The zero-order chi connectivity index (χ0) is 47.6. The van der Waals surface area contributed by atoms with E-state index in [0.717, 1.165) is 39.6 Å². The molecule has 1 aliphatic rings. The van der Waals surface area contributed by atoms with Crippen molar-refractivity contribution < 1.29 is 0 Å². The maximum absolute atomic E-state index is 2.59. The van der Waals surface area contributed by atoms with E-state index in [0.29, 0.717) is 0 Å². The van der Waals surface area contributed by atoms with Crippen LogP contribution in [0.1, 0.15) is 16.7 Å². The van der Waals surface area contributed by atoms with Crippen molar-refractivity contribution in [2.45, 2.75) is 5.54 Å².